The molecule has 1 saturated heterocycles. The van der Waals surface area contributed by atoms with Crippen LogP contribution in [0.4, 0.5) is 4.79 Å². The maximum Gasteiger partial charge on any atom is 0.410 e. The first-order chi connectivity index (χ1) is 9.35. The predicted octanol–water partition coefficient (Wildman–Crippen LogP) is 1.21. The third kappa shape index (κ3) is 4.09. The minimum atomic E-state index is -3.47. The molecule has 0 saturated carbocycles. The van der Waals surface area contributed by atoms with E-state index in [9.17, 15) is 13.2 Å². The van der Waals surface area contributed by atoms with Crippen molar-refractivity contribution in [3.63, 3.8) is 0 Å². The van der Waals surface area contributed by atoms with Crippen LogP contribution in [0.1, 0.15) is 5.56 Å². The van der Waals surface area contributed by atoms with Gasteiger partial charge in [-0.05, 0) is 17.7 Å². The minimum absolute atomic E-state index is 0.0754. The first-order valence-corrected chi connectivity index (χ1v) is 8.02. The number of carbonyl (C=O) groups is 1. The molecule has 2 rings (SSSR count). The molecule has 1 aromatic carbocycles. The first kappa shape index (κ1) is 15.1. The second-order valence-electron chi connectivity index (χ2n) is 4.62. The van der Waals surface area contributed by atoms with Gasteiger partial charge in [-0.2, -0.15) is 0 Å². The van der Waals surface area contributed by atoms with Gasteiger partial charge in [-0.1, -0.05) is 23.7 Å². The molecule has 1 fully saturated rings. The van der Waals surface area contributed by atoms with Crippen molar-refractivity contribution in [3.05, 3.63) is 34.9 Å². The van der Waals surface area contributed by atoms with Crippen molar-refractivity contribution in [3.8, 4) is 0 Å². The summed E-state index contributed by atoms with van der Waals surface area (Å²) >= 11 is 5.74. The molecule has 20 heavy (non-hydrogen) atoms. The van der Waals surface area contributed by atoms with Crippen molar-refractivity contribution in [1.82, 2.24) is 9.62 Å². The highest BCUT2D eigenvalue weighted by Crippen LogP contribution is 2.12. The highest BCUT2D eigenvalue weighted by Gasteiger charge is 2.29. The Hall–Kier alpha value is -1.31. The Balaban J connectivity index is 1.88. The lowest BCUT2D eigenvalue weighted by Crippen LogP contribution is -2.34. The van der Waals surface area contributed by atoms with Crippen LogP contribution in [0, 0.1) is 0 Å². The maximum atomic E-state index is 11.9. The third-order valence-electron chi connectivity index (χ3n) is 2.86. The minimum Gasteiger partial charge on any atom is -0.443 e. The molecular formula is C12H15ClN2O4S. The second kappa shape index (κ2) is 5.99. The van der Waals surface area contributed by atoms with E-state index in [2.05, 4.69) is 4.72 Å². The van der Waals surface area contributed by atoms with E-state index in [0.717, 1.165) is 0 Å². The lowest BCUT2D eigenvalue weighted by atomic mass is 10.2. The molecule has 0 bridgehead atoms. The number of ether oxygens (including phenoxy) is 1. The lowest BCUT2D eigenvalue weighted by Gasteiger charge is -2.10. The molecule has 0 spiro atoms. The van der Waals surface area contributed by atoms with E-state index in [4.69, 9.17) is 16.3 Å². The third-order valence-corrected chi connectivity index (χ3v) is 4.43. The summed E-state index contributed by atoms with van der Waals surface area (Å²) in [5, 5.41) is 0.556. The number of carbonyl (C=O) groups excluding carboxylic acids is 1. The van der Waals surface area contributed by atoms with Crippen LogP contribution in [-0.2, 0) is 20.5 Å². The molecule has 0 aliphatic carbocycles. The number of cyclic esters (lactones) is 1. The number of nitrogens with zero attached hydrogens (tertiary/aromatic N) is 1. The summed E-state index contributed by atoms with van der Waals surface area (Å²) in [5.41, 5.74) is 0.641. The van der Waals surface area contributed by atoms with Gasteiger partial charge in [-0.3, -0.25) is 0 Å². The van der Waals surface area contributed by atoms with Crippen LogP contribution in [0.25, 0.3) is 0 Å². The van der Waals surface area contributed by atoms with Crippen LogP contribution in [0.5, 0.6) is 0 Å². The zero-order chi connectivity index (χ0) is 14.8. The van der Waals surface area contributed by atoms with Crippen molar-refractivity contribution < 1.29 is 17.9 Å². The van der Waals surface area contributed by atoms with Crippen LogP contribution in [-0.4, -0.2) is 45.7 Å². The summed E-state index contributed by atoms with van der Waals surface area (Å²) in [6, 6.07) is 6.59. The Morgan fingerprint density at radius 3 is 2.60 bits per heavy atom. The number of hydrogen-bond donors (Lipinski definition) is 1. The van der Waals surface area contributed by atoms with Gasteiger partial charge in [0.15, 0.2) is 0 Å². The highest BCUT2D eigenvalue weighted by molar-refractivity contribution is 7.88. The zero-order valence-corrected chi connectivity index (χ0v) is 12.4. The molecule has 110 valence electrons. The van der Waals surface area contributed by atoms with E-state index in [0.29, 0.717) is 17.1 Å². The van der Waals surface area contributed by atoms with Crippen LogP contribution >= 0.6 is 11.6 Å². The van der Waals surface area contributed by atoms with E-state index in [1.165, 1.54) is 4.90 Å². The number of halogens is 1. The molecule has 1 unspecified atom stereocenters. The van der Waals surface area contributed by atoms with Gasteiger partial charge < -0.3 is 9.64 Å². The van der Waals surface area contributed by atoms with Gasteiger partial charge in [0, 0.05) is 18.6 Å². The summed E-state index contributed by atoms with van der Waals surface area (Å²) in [5.74, 6) is -0.138. The molecule has 0 aromatic heterocycles. The molecule has 1 heterocycles. The monoisotopic (exact) mass is 318 g/mol. The highest BCUT2D eigenvalue weighted by atomic mass is 35.5. The molecule has 0 radical (unpaired) electrons. The molecule has 8 heteroatoms. The Bertz CT molecular complexity index is 588. The molecule has 6 nitrogen and oxygen atoms in total. The van der Waals surface area contributed by atoms with E-state index >= 15 is 0 Å². The largest absolute Gasteiger partial charge is 0.443 e. The quantitative estimate of drug-likeness (QED) is 0.885. The second-order valence-corrected chi connectivity index (χ2v) is 6.86. The Morgan fingerprint density at radius 2 is 2.05 bits per heavy atom. The molecule has 1 aliphatic rings. The Morgan fingerprint density at radius 1 is 1.40 bits per heavy atom. The van der Waals surface area contributed by atoms with Gasteiger partial charge in [-0.15, -0.1) is 0 Å². The zero-order valence-electron chi connectivity index (χ0n) is 10.9. The van der Waals surface area contributed by atoms with Crippen molar-refractivity contribution in [2.75, 3.05) is 20.1 Å². The van der Waals surface area contributed by atoms with Crippen LogP contribution < -0.4 is 4.72 Å². The Labute approximate surface area is 122 Å². The molecule has 1 atom stereocenters. The maximum absolute atomic E-state index is 11.9. The summed E-state index contributed by atoms with van der Waals surface area (Å²) in [6.45, 7) is 0.453. The predicted molar refractivity (Wildman–Crippen MR) is 75.0 cm³/mol. The van der Waals surface area contributed by atoms with Gasteiger partial charge in [0.05, 0.1) is 12.3 Å². The Kier molecular flexibility index (Phi) is 4.52. The number of benzene rings is 1. The molecule has 1 N–H and O–H groups in total. The number of amides is 1. The van der Waals surface area contributed by atoms with E-state index < -0.39 is 22.2 Å². The standard InChI is InChI=1S/C12H15ClN2O4S/c1-15-7-11(19-12(15)16)6-14-20(17,18)8-9-2-4-10(13)5-3-9/h2-5,11,14H,6-8H2,1H3. The molecular weight excluding hydrogens is 304 g/mol. The van der Waals surface area contributed by atoms with Crippen molar-refractivity contribution in [1.29, 1.82) is 0 Å². The SMILES string of the molecule is CN1CC(CNS(=O)(=O)Cc2ccc(Cl)cc2)OC1=O. The topological polar surface area (TPSA) is 75.7 Å². The van der Waals surface area contributed by atoms with Crippen LogP contribution in [0.3, 0.4) is 0 Å². The number of sulfonamides is 1. The number of likely N-dealkylation sites (N-methyl/N-ethyl adjacent to an activating group) is 1. The van der Waals surface area contributed by atoms with Crippen molar-refractivity contribution in [2.24, 2.45) is 0 Å². The normalized spacial score (nSPS) is 19.2. The van der Waals surface area contributed by atoms with Gasteiger partial charge in [0.25, 0.3) is 0 Å². The van der Waals surface area contributed by atoms with Gasteiger partial charge in [0.1, 0.15) is 6.10 Å². The van der Waals surface area contributed by atoms with E-state index in [1.807, 2.05) is 0 Å². The van der Waals surface area contributed by atoms with E-state index in [1.54, 1.807) is 31.3 Å². The summed E-state index contributed by atoms with van der Waals surface area (Å²) in [4.78, 5) is 12.5. The fraction of sp³-hybridized carbons (Fsp3) is 0.417. The molecule has 1 aliphatic heterocycles. The summed E-state index contributed by atoms with van der Waals surface area (Å²) in [7, 11) is -1.87. The van der Waals surface area contributed by atoms with Gasteiger partial charge >= 0.3 is 6.09 Å². The summed E-state index contributed by atoms with van der Waals surface area (Å²) < 4.78 is 31.2. The fourth-order valence-electron chi connectivity index (χ4n) is 1.83. The van der Waals surface area contributed by atoms with Crippen LogP contribution in [0.2, 0.25) is 5.02 Å². The van der Waals surface area contributed by atoms with Gasteiger partial charge in [-0.25, -0.2) is 17.9 Å². The average Bonchev–Trinajstić information content (AvgIpc) is 2.69. The van der Waals surface area contributed by atoms with Crippen LogP contribution in [0.15, 0.2) is 24.3 Å². The number of nitrogens with one attached hydrogen (secondary N) is 1. The van der Waals surface area contributed by atoms with Crippen molar-refractivity contribution >= 4 is 27.7 Å². The van der Waals surface area contributed by atoms with Gasteiger partial charge in [0.2, 0.25) is 10.0 Å². The van der Waals surface area contributed by atoms with E-state index in [-0.39, 0.29) is 12.3 Å². The fourth-order valence-corrected chi connectivity index (χ4v) is 3.13. The molecule has 1 aromatic rings. The summed E-state index contributed by atoms with van der Waals surface area (Å²) in [6.07, 6.45) is -0.889. The smallest absolute Gasteiger partial charge is 0.410 e. The average molecular weight is 319 g/mol. The van der Waals surface area contributed by atoms with Crippen molar-refractivity contribution in [2.45, 2.75) is 11.9 Å². The number of hydrogen-bond acceptors (Lipinski definition) is 4. The molecule has 1 amide bonds. The lowest BCUT2D eigenvalue weighted by molar-refractivity contribution is 0.135. The number of rotatable bonds is 5. The first-order valence-electron chi connectivity index (χ1n) is 5.99.